The van der Waals surface area contributed by atoms with Crippen molar-refractivity contribution in [3.8, 4) is 0 Å². The summed E-state index contributed by atoms with van der Waals surface area (Å²) < 4.78 is 0. The standard InChI is InChI=1S/C17H19N3O/c1-13-5-4-10-20(12-13)17(21)9-8-14-11-18-15-6-2-3-7-16(15)19-14/h2-3,6-9,11,13H,4-5,10,12H2,1H3. The van der Waals surface area contributed by atoms with Gasteiger partial charge in [-0.05, 0) is 37.0 Å². The lowest BCUT2D eigenvalue weighted by Gasteiger charge is -2.30. The van der Waals surface area contributed by atoms with Crippen LogP contribution in [0, 0.1) is 5.92 Å². The number of piperidine rings is 1. The molecule has 0 saturated carbocycles. The van der Waals surface area contributed by atoms with E-state index in [4.69, 9.17) is 0 Å². The summed E-state index contributed by atoms with van der Waals surface area (Å²) in [5, 5.41) is 0. The maximum Gasteiger partial charge on any atom is 0.246 e. The van der Waals surface area contributed by atoms with Gasteiger partial charge in [0.05, 0.1) is 22.9 Å². The molecule has 0 bridgehead atoms. The zero-order valence-corrected chi connectivity index (χ0v) is 12.2. The van der Waals surface area contributed by atoms with Crippen molar-refractivity contribution in [3.63, 3.8) is 0 Å². The molecule has 1 aromatic carbocycles. The van der Waals surface area contributed by atoms with Crippen LogP contribution in [-0.4, -0.2) is 33.9 Å². The molecule has 21 heavy (non-hydrogen) atoms. The zero-order chi connectivity index (χ0) is 14.7. The minimum atomic E-state index is 0.0662. The summed E-state index contributed by atoms with van der Waals surface area (Å²) >= 11 is 0. The summed E-state index contributed by atoms with van der Waals surface area (Å²) in [6.45, 7) is 3.90. The normalized spacial score (nSPS) is 19.3. The Balaban J connectivity index is 1.73. The minimum Gasteiger partial charge on any atom is -0.339 e. The molecule has 2 aromatic rings. The predicted molar refractivity (Wildman–Crippen MR) is 83.6 cm³/mol. The van der Waals surface area contributed by atoms with Crippen LogP contribution in [0.5, 0.6) is 0 Å². The van der Waals surface area contributed by atoms with E-state index in [1.54, 1.807) is 18.3 Å². The summed E-state index contributed by atoms with van der Waals surface area (Å²) in [4.78, 5) is 22.9. The maximum atomic E-state index is 12.2. The van der Waals surface area contributed by atoms with Crippen LogP contribution in [0.3, 0.4) is 0 Å². The molecule has 1 unspecified atom stereocenters. The summed E-state index contributed by atoms with van der Waals surface area (Å²) in [5.74, 6) is 0.660. The molecule has 4 heteroatoms. The van der Waals surface area contributed by atoms with Crippen molar-refractivity contribution < 1.29 is 4.79 Å². The Kier molecular flexibility index (Phi) is 3.95. The highest BCUT2D eigenvalue weighted by Crippen LogP contribution is 2.16. The van der Waals surface area contributed by atoms with Crippen molar-refractivity contribution >= 4 is 23.0 Å². The average Bonchev–Trinajstić information content (AvgIpc) is 2.52. The highest BCUT2D eigenvalue weighted by Gasteiger charge is 2.18. The van der Waals surface area contributed by atoms with Crippen LogP contribution in [0.4, 0.5) is 0 Å². The van der Waals surface area contributed by atoms with E-state index in [0.717, 1.165) is 30.5 Å². The smallest absolute Gasteiger partial charge is 0.246 e. The Morgan fingerprint density at radius 2 is 2.14 bits per heavy atom. The topological polar surface area (TPSA) is 46.1 Å². The van der Waals surface area contributed by atoms with Gasteiger partial charge in [-0.15, -0.1) is 0 Å². The average molecular weight is 281 g/mol. The van der Waals surface area contributed by atoms with E-state index in [1.165, 1.54) is 6.42 Å². The van der Waals surface area contributed by atoms with Gasteiger partial charge in [0.25, 0.3) is 0 Å². The number of hydrogen-bond donors (Lipinski definition) is 0. The second-order valence-electron chi connectivity index (χ2n) is 5.65. The van der Waals surface area contributed by atoms with Gasteiger partial charge >= 0.3 is 0 Å². The number of nitrogens with zero attached hydrogens (tertiary/aromatic N) is 3. The Labute approximate surface area is 124 Å². The summed E-state index contributed by atoms with van der Waals surface area (Å²) in [6.07, 6.45) is 7.36. The first-order chi connectivity index (χ1) is 10.2. The second-order valence-corrected chi connectivity index (χ2v) is 5.65. The lowest BCUT2D eigenvalue weighted by molar-refractivity contribution is -0.127. The number of amides is 1. The number of benzene rings is 1. The van der Waals surface area contributed by atoms with Crippen LogP contribution < -0.4 is 0 Å². The molecular formula is C17H19N3O. The molecular weight excluding hydrogens is 262 g/mol. The zero-order valence-electron chi connectivity index (χ0n) is 12.2. The van der Waals surface area contributed by atoms with Crippen molar-refractivity contribution in [2.24, 2.45) is 5.92 Å². The first kappa shape index (κ1) is 13.7. The quantitative estimate of drug-likeness (QED) is 0.795. The molecule has 1 fully saturated rings. The molecule has 1 saturated heterocycles. The maximum absolute atomic E-state index is 12.2. The summed E-state index contributed by atoms with van der Waals surface area (Å²) in [5.41, 5.74) is 2.43. The Hall–Kier alpha value is -2.23. The van der Waals surface area contributed by atoms with Crippen LogP contribution in [-0.2, 0) is 4.79 Å². The van der Waals surface area contributed by atoms with Gasteiger partial charge in [-0.25, -0.2) is 4.98 Å². The molecule has 1 aliphatic rings. The predicted octanol–water partition coefficient (Wildman–Crippen LogP) is 2.90. The Morgan fingerprint density at radius 3 is 2.95 bits per heavy atom. The number of fused-ring (bicyclic) bond motifs is 1. The van der Waals surface area contributed by atoms with Gasteiger partial charge < -0.3 is 4.90 Å². The van der Waals surface area contributed by atoms with Gasteiger partial charge in [0, 0.05) is 19.2 Å². The third kappa shape index (κ3) is 3.27. The molecule has 0 N–H and O–H groups in total. The van der Waals surface area contributed by atoms with E-state index in [9.17, 15) is 4.79 Å². The number of para-hydroxylation sites is 2. The molecule has 1 aromatic heterocycles. The number of aromatic nitrogens is 2. The van der Waals surface area contributed by atoms with Crippen LogP contribution in [0.2, 0.25) is 0 Å². The third-order valence-corrected chi connectivity index (χ3v) is 3.83. The fraction of sp³-hybridized carbons (Fsp3) is 0.353. The fourth-order valence-electron chi connectivity index (χ4n) is 2.70. The van der Waals surface area contributed by atoms with E-state index < -0.39 is 0 Å². The SMILES string of the molecule is CC1CCCN(C(=O)C=Cc2cnc3ccccc3n2)C1. The van der Waals surface area contributed by atoms with Gasteiger partial charge in [0.1, 0.15) is 0 Å². The molecule has 1 atom stereocenters. The molecule has 0 radical (unpaired) electrons. The van der Waals surface area contributed by atoms with E-state index in [1.807, 2.05) is 29.2 Å². The van der Waals surface area contributed by atoms with Gasteiger partial charge in [0.2, 0.25) is 5.91 Å². The van der Waals surface area contributed by atoms with E-state index in [2.05, 4.69) is 16.9 Å². The minimum absolute atomic E-state index is 0.0662. The molecule has 0 aliphatic carbocycles. The van der Waals surface area contributed by atoms with Gasteiger partial charge in [-0.1, -0.05) is 19.1 Å². The Bertz CT molecular complexity index is 681. The monoisotopic (exact) mass is 281 g/mol. The lowest BCUT2D eigenvalue weighted by Crippen LogP contribution is -2.38. The molecule has 1 aliphatic heterocycles. The van der Waals surface area contributed by atoms with Crippen molar-refractivity contribution in [2.45, 2.75) is 19.8 Å². The van der Waals surface area contributed by atoms with Crippen molar-refractivity contribution in [1.82, 2.24) is 14.9 Å². The molecule has 4 nitrogen and oxygen atoms in total. The third-order valence-electron chi connectivity index (χ3n) is 3.83. The van der Waals surface area contributed by atoms with E-state index >= 15 is 0 Å². The van der Waals surface area contributed by atoms with E-state index in [0.29, 0.717) is 11.6 Å². The molecule has 1 amide bonds. The van der Waals surface area contributed by atoms with Gasteiger partial charge in [-0.3, -0.25) is 9.78 Å². The van der Waals surface area contributed by atoms with Crippen LogP contribution in [0.25, 0.3) is 17.1 Å². The first-order valence-corrected chi connectivity index (χ1v) is 7.41. The number of likely N-dealkylation sites (tertiary alicyclic amines) is 1. The number of carbonyl (C=O) groups is 1. The van der Waals surface area contributed by atoms with Crippen molar-refractivity contribution in [3.05, 3.63) is 42.2 Å². The highest BCUT2D eigenvalue weighted by molar-refractivity contribution is 5.91. The summed E-state index contributed by atoms with van der Waals surface area (Å²) in [6, 6.07) is 7.72. The fourth-order valence-corrected chi connectivity index (χ4v) is 2.70. The van der Waals surface area contributed by atoms with Crippen LogP contribution >= 0.6 is 0 Å². The van der Waals surface area contributed by atoms with E-state index in [-0.39, 0.29) is 5.91 Å². The first-order valence-electron chi connectivity index (χ1n) is 7.41. The van der Waals surface area contributed by atoms with Crippen LogP contribution in [0.1, 0.15) is 25.5 Å². The van der Waals surface area contributed by atoms with Crippen molar-refractivity contribution in [2.75, 3.05) is 13.1 Å². The van der Waals surface area contributed by atoms with Crippen LogP contribution in [0.15, 0.2) is 36.5 Å². The van der Waals surface area contributed by atoms with Gasteiger partial charge in [-0.2, -0.15) is 0 Å². The molecule has 108 valence electrons. The number of carbonyl (C=O) groups excluding carboxylic acids is 1. The molecule has 3 rings (SSSR count). The highest BCUT2D eigenvalue weighted by atomic mass is 16.2. The number of hydrogen-bond acceptors (Lipinski definition) is 3. The lowest BCUT2D eigenvalue weighted by atomic mass is 10.0. The second kappa shape index (κ2) is 6.04. The number of rotatable bonds is 2. The Morgan fingerprint density at radius 1 is 1.33 bits per heavy atom. The molecule has 2 heterocycles. The van der Waals surface area contributed by atoms with Crippen molar-refractivity contribution in [1.29, 1.82) is 0 Å². The summed E-state index contributed by atoms with van der Waals surface area (Å²) in [7, 11) is 0. The largest absolute Gasteiger partial charge is 0.339 e. The van der Waals surface area contributed by atoms with Gasteiger partial charge in [0.15, 0.2) is 0 Å². The molecule has 0 spiro atoms.